The molecule has 1 N–H and O–H groups in total. The zero-order valence-electron chi connectivity index (χ0n) is 8.79. The molecular weight excluding hydrogens is 176 g/mol. The average Bonchev–Trinajstić information content (AvgIpc) is 2.26. The van der Waals surface area contributed by atoms with Gasteiger partial charge in [0.2, 0.25) is 0 Å². The SMILES string of the molecule is [CH2]C(CO)c1cccc(CC)c1OC. The smallest absolute Gasteiger partial charge is 0.125 e. The van der Waals surface area contributed by atoms with Crippen LogP contribution in [0.1, 0.15) is 24.0 Å². The van der Waals surface area contributed by atoms with Gasteiger partial charge < -0.3 is 9.84 Å². The summed E-state index contributed by atoms with van der Waals surface area (Å²) in [5.41, 5.74) is 2.14. The molecule has 0 fully saturated rings. The highest BCUT2D eigenvalue weighted by atomic mass is 16.5. The number of hydrogen-bond acceptors (Lipinski definition) is 2. The van der Waals surface area contributed by atoms with Crippen molar-refractivity contribution in [2.45, 2.75) is 19.3 Å². The fourth-order valence-electron chi connectivity index (χ4n) is 1.55. The maximum atomic E-state index is 9.05. The molecule has 1 radical (unpaired) electrons. The number of aliphatic hydroxyl groups excluding tert-OH is 1. The summed E-state index contributed by atoms with van der Waals surface area (Å²) < 4.78 is 5.34. The lowest BCUT2D eigenvalue weighted by atomic mass is 9.97. The summed E-state index contributed by atoms with van der Waals surface area (Å²) in [7, 11) is 1.65. The van der Waals surface area contributed by atoms with Crippen LogP contribution in [0.3, 0.4) is 0 Å². The quantitative estimate of drug-likeness (QED) is 0.794. The molecule has 0 saturated carbocycles. The second-order valence-electron chi connectivity index (χ2n) is 3.27. The van der Waals surface area contributed by atoms with E-state index in [9.17, 15) is 0 Å². The zero-order chi connectivity index (χ0) is 10.6. The van der Waals surface area contributed by atoms with Gasteiger partial charge in [0.05, 0.1) is 13.7 Å². The minimum Gasteiger partial charge on any atom is -0.496 e. The van der Waals surface area contributed by atoms with Crippen LogP contribution in [0, 0.1) is 6.92 Å². The van der Waals surface area contributed by atoms with Gasteiger partial charge in [-0.05, 0) is 24.5 Å². The lowest BCUT2D eigenvalue weighted by Crippen LogP contribution is -2.04. The Morgan fingerprint density at radius 3 is 2.71 bits per heavy atom. The largest absolute Gasteiger partial charge is 0.496 e. The Bertz CT molecular complexity index is 294. The number of para-hydroxylation sites is 1. The fraction of sp³-hybridized carbons (Fsp3) is 0.417. The Hall–Kier alpha value is -1.02. The maximum Gasteiger partial charge on any atom is 0.125 e. The van der Waals surface area contributed by atoms with E-state index in [1.165, 1.54) is 0 Å². The monoisotopic (exact) mass is 193 g/mol. The third-order valence-corrected chi connectivity index (χ3v) is 2.37. The molecule has 0 aliphatic rings. The molecule has 0 spiro atoms. The molecule has 14 heavy (non-hydrogen) atoms. The molecule has 0 aliphatic heterocycles. The molecule has 1 rings (SSSR count). The maximum absolute atomic E-state index is 9.05. The molecule has 2 nitrogen and oxygen atoms in total. The first-order chi connectivity index (χ1) is 6.74. The molecule has 0 saturated heterocycles. The molecule has 0 bridgehead atoms. The lowest BCUT2D eigenvalue weighted by molar-refractivity contribution is 0.279. The van der Waals surface area contributed by atoms with E-state index in [0.29, 0.717) is 0 Å². The fourth-order valence-corrected chi connectivity index (χ4v) is 1.55. The Morgan fingerprint density at radius 2 is 2.21 bits per heavy atom. The number of aryl methyl sites for hydroxylation is 1. The van der Waals surface area contributed by atoms with Gasteiger partial charge in [0, 0.05) is 5.92 Å². The number of benzene rings is 1. The van der Waals surface area contributed by atoms with Gasteiger partial charge in [-0.2, -0.15) is 0 Å². The topological polar surface area (TPSA) is 29.5 Å². The summed E-state index contributed by atoms with van der Waals surface area (Å²) in [5.74, 6) is 0.750. The summed E-state index contributed by atoms with van der Waals surface area (Å²) >= 11 is 0. The van der Waals surface area contributed by atoms with Crippen LogP contribution < -0.4 is 4.74 Å². The van der Waals surface area contributed by atoms with E-state index in [4.69, 9.17) is 9.84 Å². The van der Waals surface area contributed by atoms with E-state index in [2.05, 4.69) is 13.8 Å². The minimum absolute atomic E-state index is 0.0452. The van der Waals surface area contributed by atoms with Crippen LogP contribution in [0.2, 0.25) is 0 Å². The molecule has 0 amide bonds. The first kappa shape index (κ1) is 11.1. The highest BCUT2D eigenvalue weighted by molar-refractivity contribution is 5.44. The number of methoxy groups -OCH3 is 1. The Labute approximate surface area is 85.5 Å². The van der Waals surface area contributed by atoms with Gasteiger partial charge in [0.25, 0.3) is 0 Å². The van der Waals surface area contributed by atoms with Crippen molar-refractivity contribution in [3.8, 4) is 5.75 Å². The van der Waals surface area contributed by atoms with Crippen molar-refractivity contribution in [1.29, 1.82) is 0 Å². The van der Waals surface area contributed by atoms with Crippen LogP contribution >= 0.6 is 0 Å². The predicted octanol–water partition coefficient (Wildman–Crippen LogP) is 2.17. The summed E-state index contributed by atoms with van der Waals surface area (Å²) in [5, 5.41) is 9.05. The first-order valence-corrected chi connectivity index (χ1v) is 4.84. The van der Waals surface area contributed by atoms with Gasteiger partial charge in [-0.25, -0.2) is 0 Å². The molecular formula is C12H17O2. The molecule has 77 valence electrons. The normalized spacial score (nSPS) is 12.6. The molecule has 0 aromatic heterocycles. The van der Waals surface area contributed by atoms with Crippen molar-refractivity contribution in [3.05, 3.63) is 36.2 Å². The zero-order valence-corrected chi connectivity index (χ0v) is 8.79. The van der Waals surface area contributed by atoms with E-state index in [-0.39, 0.29) is 12.5 Å². The van der Waals surface area contributed by atoms with E-state index >= 15 is 0 Å². The van der Waals surface area contributed by atoms with Crippen molar-refractivity contribution in [2.75, 3.05) is 13.7 Å². The molecule has 1 unspecified atom stereocenters. The standard InChI is InChI=1S/C12H17O2/c1-4-10-6-5-7-11(9(2)8-13)12(10)14-3/h5-7,9,13H,2,4,8H2,1,3H3. The number of ether oxygens (including phenoxy) is 1. The van der Waals surface area contributed by atoms with E-state index in [1.54, 1.807) is 7.11 Å². The van der Waals surface area contributed by atoms with Crippen LogP contribution in [-0.2, 0) is 6.42 Å². The molecule has 1 atom stereocenters. The summed E-state index contributed by atoms with van der Waals surface area (Å²) in [4.78, 5) is 0. The summed E-state index contributed by atoms with van der Waals surface area (Å²) in [6.45, 7) is 6.01. The van der Waals surface area contributed by atoms with E-state index in [1.807, 2.05) is 18.2 Å². The highest BCUT2D eigenvalue weighted by Crippen LogP contribution is 2.29. The second-order valence-corrected chi connectivity index (χ2v) is 3.27. The van der Waals surface area contributed by atoms with E-state index in [0.717, 1.165) is 23.3 Å². The Kier molecular flexibility index (Phi) is 3.96. The molecule has 1 aromatic rings. The van der Waals surface area contributed by atoms with E-state index < -0.39 is 0 Å². The van der Waals surface area contributed by atoms with Gasteiger partial charge in [0.15, 0.2) is 0 Å². The Balaban J connectivity index is 3.14. The van der Waals surface area contributed by atoms with Crippen molar-refractivity contribution in [1.82, 2.24) is 0 Å². The molecule has 0 aliphatic carbocycles. The van der Waals surface area contributed by atoms with Crippen molar-refractivity contribution in [2.24, 2.45) is 0 Å². The van der Waals surface area contributed by atoms with Gasteiger partial charge in [0.1, 0.15) is 5.75 Å². The number of aliphatic hydroxyl groups is 1. The highest BCUT2D eigenvalue weighted by Gasteiger charge is 2.12. The van der Waals surface area contributed by atoms with Crippen molar-refractivity contribution < 1.29 is 9.84 Å². The van der Waals surface area contributed by atoms with Crippen LogP contribution in [0.25, 0.3) is 0 Å². The average molecular weight is 193 g/mol. The third-order valence-electron chi connectivity index (χ3n) is 2.37. The Morgan fingerprint density at radius 1 is 1.50 bits per heavy atom. The minimum atomic E-state index is -0.114. The predicted molar refractivity (Wildman–Crippen MR) is 57.6 cm³/mol. The van der Waals surface area contributed by atoms with Gasteiger partial charge in [-0.3, -0.25) is 0 Å². The van der Waals surface area contributed by atoms with Crippen molar-refractivity contribution >= 4 is 0 Å². The van der Waals surface area contributed by atoms with Crippen LogP contribution in [0.15, 0.2) is 18.2 Å². The van der Waals surface area contributed by atoms with Gasteiger partial charge >= 0.3 is 0 Å². The van der Waals surface area contributed by atoms with Gasteiger partial charge in [-0.1, -0.05) is 25.1 Å². The first-order valence-electron chi connectivity index (χ1n) is 4.84. The van der Waals surface area contributed by atoms with Gasteiger partial charge in [-0.15, -0.1) is 0 Å². The van der Waals surface area contributed by atoms with Crippen LogP contribution in [-0.4, -0.2) is 18.8 Å². The number of rotatable bonds is 4. The van der Waals surface area contributed by atoms with Crippen LogP contribution in [0.5, 0.6) is 5.75 Å². The summed E-state index contributed by atoms with van der Waals surface area (Å²) in [6, 6.07) is 5.96. The number of hydrogen-bond donors (Lipinski definition) is 1. The summed E-state index contributed by atoms with van der Waals surface area (Å²) in [6.07, 6.45) is 0.926. The lowest BCUT2D eigenvalue weighted by Gasteiger charge is -2.16. The van der Waals surface area contributed by atoms with Crippen LogP contribution in [0.4, 0.5) is 0 Å². The molecule has 1 aromatic carbocycles. The second kappa shape index (κ2) is 5.01. The molecule has 2 heteroatoms. The van der Waals surface area contributed by atoms with Crippen molar-refractivity contribution in [3.63, 3.8) is 0 Å². The molecule has 0 heterocycles. The third kappa shape index (κ3) is 2.07.